The van der Waals surface area contributed by atoms with Gasteiger partial charge in [-0.1, -0.05) is 30.2 Å². The van der Waals surface area contributed by atoms with E-state index in [-0.39, 0.29) is 6.61 Å². The summed E-state index contributed by atoms with van der Waals surface area (Å²) in [6, 6.07) is 6.66. The van der Waals surface area contributed by atoms with Crippen LogP contribution in [0, 0.1) is 5.92 Å². The molecule has 0 heterocycles. The second-order valence-electron chi connectivity index (χ2n) is 4.92. The SMILES string of the molecule is CCOC(=O)[C@H]1CCCC[C@@]1(F)c1ccc(Cl)cc1. The molecule has 19 heavy (non-hydrogen) atoms. The second kappa shape index (κ2) is 5.91. The summed E-state index contributed by atoms with van der Waals surface area (Å²) in [6.45, 7) is 2.02. The van der Waals surface area contributed by atoms with Crippen molar-refractivity contribution >= 4 is 17.6 Å². The molecule has 1 saturated carbocycles. The molecule has 104 valence electrons. The fourth-order valence-corrected chi connectivity index (χ4v) is 2.88. The van der Waals surface area contributed by atoms with Gasteiger partial charge in [-0.3, -0.25) is 4.79 Å². The van der Waals surface area contributed by atoms with Crippen LogP contribution in [0.4, 0.5) is 4.39 Å². The maximum absolute atomic E-state index is 15.3. The van der Waals surface area contributed by atoms with Crippen LogP contribution in [-0.4, -0.2) is 12.6 Å². The van der Waals surface area contributed by atoms with Gasteiger partial charge in [0.05, 0.1) is 12.5 Å². The van der Waals surface area contributed by atoms with Crippen LogP contribution in [0.25, 0.3) is 0 Å². The van der Waals surface area contributed by atoms with Crippen molar-refractivity contribution in [2.75, 3.05) is 6.61 Å². The normalized spacial score (nSPS) is 27.0. The van der Waals surface area contributed by atoms with E-state index in [1.54, 1.807) is 31.2 Å². The van der Waals surface area contributed by atoms with E-state index in [4.69, 9.17) is 16.3 Å². The van der Waals surface area contributed by atoms with Crippen LogP contribution < -0.4 is 0 Å². The van der Waals surface area contributed by atoms with Gasteiger partial charge in [0.15, 0.2) is 0 Å². The quantitative estimate of drug-likeness (QED) is 0.775. The number of rotatable bonds is 3. The van der Waals surface area contributed by atoms with Crippen molar-refractivity contribution < 1.29 is 13.9 Å². The zero-order valence-electron chi connectivity index (χ0n) is 11.0. The molecule has 1 aromatic carbocycles. The molecule has 0 N–H and O–H groups in total. The monoisotopic (exact) mass is 284 g/mol. The Hall–Kier alpha value is -1.09. The molecule has 2 atom stereocenters. The summed E-state index contributed by atoms with van der Waals surface area (Å²) in [7, 11) is 0. The minimum Gasteiger partial charge on any atom is -0.466 e. The lowest BCUT2D eigenvalue weighted by atomic mass is 9.73. The highest BCUT2D eigenvalue weighted by Gasteiger charge is 2.47. The van der Waals surface area contributed by atoms with Gasteiger partial charge in [-0.05, 0) is 43.9 Å². The highest BCUT2D eigenvalue weighted by Crippen LogP contribution is 2.45. The van der Waals surface area contributed by atoms with Crippen molar-refractivity contribution in [2.24, 2.45) is 5.92 Å². The van der Waals surface area contributed by atoms with Crippen molar-refractivity contribution in [3.05, 3.63) is 34.9 Å². The minimum atomic E-state index is -1.63. The summed E-state index contributed by atoms with van der Waals surface area (Å²) >= 11 is 5.83. The Morgan fingerprint density at radius 3 is 2.74 bits per heavy atom. The number of halogens is 2. The summed E-state index contributed by atoms with van der Waals surface area (Å²) in [5, 5.41) is 0.566. The van der Waals surface area contributed by atoms with Gasteiger partial charge in [-0.2, -0.15) is 0 Å². The molecule has 4 heteroatoms. The average molecular weight is 285 g/mol. The number of ether oxygens (including phenoxy) is 1. The lowest BCUT2D eigenvalue weighted by Gasteiger charge is -2.36. The Morgan fingerprint density at radius 1 is 1.42 bits per heavy atom. The maximum Gasteiger partial charge on any atom is 0.312 e. The molecule has 0 saturated heterocycles. The number of carbonyl (C=O) groups is 1. The highest BCUT2D eigenvalue weighted by atomic mass is 35.5. The van der Waals surface area contributed by atoms with Crippen molar-refractivity contribution in [1.29, 1.82) is 0 Å². The van der Waals surface area contributed by atoms with Crippen LogP contribution in [0.3, 0.4) is 0 Å². The Balaban J connectivity index is 2.30. The third-order valence-electron chi connectivity index (χ3n) is 3.73. The average Bonchev–Trinajstić information content (AvgIpc) is 2.40. The number of carbonyl (C=O) groups excluding carboxylic acids is 1. The molecular formula is C15H18ClFO2. The van der Waals surface area contributed by atoms with Crippen LogP contribution in [0.2, 0.25) is 5.02 Å². The predicted molar refractivity (Wildman–Crippen MR) is 72.8 cm³/mol. The molecular weight excluding hydrogens is 267 g/mol. The minimum absolute atomic E-state index is 0.284. The summed E-state index contributed by atoms with van der Waals surface area (Å²) in [5.74, 6) is -1.14. The Morgan fingerprint density at radius 2 is 2.11 bits per heavy atom. The van der Waals surface area contributed by atoms with Crippen LogP contribution in [0.15, 0.2) is 24.3 Å². The molecule has 0 bridgehead atoms. The first-order valence-corrected chi connectivity index (χ1v) is 7.07. The van der Waals surface area contributed by atoms with Gasteiger partial charge < -0.3 is 4.74 Å². The van der Waals surface area contributed by atoms with Crippen LogP contribution in [0.1, 0.15) is 38.2 Å². The number of esters is 1. The summed E-state index contributed by atoms with van der Waals surface area (Å²) in [5.41, 5.74) is -1.11. The summed E-state index contributed by atoms with van der Waals surface area (Å²) < 4.78 is 20.3. The Kier molecular flexibility index (Phi) is 4.46. The third kappa shape index (κ3) is 2.92. The first-order valence-electron chi connectivity index (χ1n) is 6.69. The summed E-state index contributed by atoms with van der Waals surface area (Å²) in [6.07, 6.45) is 2.55. The molecule has 1 aliphatic carbocycles. The van der Waals surface area contributed by atoms with E-state index in [9.17, 15) is 4.79 Å². The molecule has 0 aromatic heterocycles. The molecule has 0 aliphatic heterocycles. The van der Waals surface area contributed by atoms with Gasteiger partial charge in [-0.25, -0.2) is 4.39 Å². The number of hydrogen-bond donors (Lipinski definition) is 0. The molecule has 0 radical (unpaired) electrons. The van der Waals surface area contributed by atoms with E-state index < -0.39 is 17.6 Å². The first kappa shape index (κ1) is 14.3. The zero-order valence-corrected chi connectivity index (χ0v) is 11.8. The molecule has 2 nitrogen and oxygen atoms in total. The van der Waals surface area contributed by atoms with Crippen molar-refractivity contribution in [3.8, 4) is 0 Å². The lowest BCUT2D eigenvalue weighted by molar-refractivity contribution is -0.157. The fourth-order valence-electron chi connectivity index (χ4n) is 2.75. The van der Waals surface area contributed by atoms with E-state index in [0.717, 1.165) is 12.8 Å². The highest BCUT2D eigenvalue weighted by molar-refractivity contribution is 6.30. The van der Waals surface area contributed by atoms with Crippen molar-refractivity contribution in [3.63, 3.8) is 0 Å². The number of benzene rings is 1. The van der Waals surface area contributed by atoms with Gasteiger partial charge >= 0.3 is 5.97 Å². The Bertz CT molecular complexity index is 446. The smallest absolute Gasteiger partial charge is 0.312 e. The van der Waals surface area contributed by atoms with E-state index in [2.05, 4.69) is 0 Å². The number of hydrogen-bond acceptors (Lipinski definition) is 2. The van der Waals surface area contributed by atoms with E-state index >= 15 is 4.39 Å². The van der Waals surface area contributed by atoms with Crippen LogP contribution in [0.5, 0.6) is 0 Å². The van der Waals surface area contributed by atoms with E-state index in [1.165, 1.54) is 0 Å². The van der Waals surface area contributed by atoms with Gasteiger partial charge in [0, 0.05) is 5.02 Å². The number of alkyl halides is 1. The molecule has 1 fully saturated rings. The van der Waals surface area contributed by atoms with Crippen molar-refractivity contribution in [2.45, 2.75) is 38.3 Å². The lowest BCUT2D eigenvalue weighted by Crippen LogP contribution is -2.39. The van der Waals surface area contributed by atoms with Gasteiger partial charge in [-0.15, -0.1) is 0 Å². The molecule has 0 spiro atoms. The molecule has 0 amide bonds. The maximum atomic E-state index is 15.3. The zero-order chi connectivity index (χ0) is 13.9. The molecule has 1 aromatic rings. The van der Waals surface area contributed by atoms with Gasteiger partial charge in [0.1, 0.15) is 5.67 Å². The van der Waals surface area contributed by atoms with Crippen LogP contribution in [-0.2, 0) is 15.2 Å². The van der Waals surface area contributed by atoms with Crippen molar-refractivity contribution in [1.82, 2.24) is 0 Å². The topological polar surface area (TPSA) is 26.3 Å². The molecule has 0 unspecified atom stereocenters. The van der Waals surface area contributed by atoms with Crippen LogP contribution >= 0.6 is 11.6 Å². The predicted octanol–water partition coefficient (Wildman–Crippen LogP) is 4.26. The van der Waals surface area contributed by atoms with Gasteiger partial charge in [0.2, 0.25) is 0 Å². The van der Waals surface area contributed by atoms with E-state index in [0.29, 0.717) is 23.4 Å². The molecule has 2 rings (SSSR count). The Labute approximate surface area is 117 Å². The fraction of sp³-hybridized carbons (Fsp3) is 0.533. The molecule has 1 aliphatic rings. The standard InChI is InChI=1S/C15H18ClFO2/c1-2-19-14(18)13-5-3-4-10-15(13,17)11-6-8-12(16)9-7-11/h6-9,13H,2-5,10H2,1H3/t13-,15-/m1/s1. The summed E-state index contributed by atoms with van der Waals surface area (Å²) in [4.78, 5) is 12.0. The van der Waals surface area contributed by atoms with E-state index in [1.807, 2.05) is 0 Å². The first-order chi connectivity index (χ1) is 9.08. The third-order valence-corrected chi connectivity index (χ3v) is 3.98. The van der Waals surface area contributed by atoms with Gasteiger partial charge in [0.25, 0.3) is 0 Å². The second-order valence-corrected chi connectivity index (χ2v) is 5.36. The largest absolute Gasteiger partial charge is 0.466 e.